The Kier molecular flexibility index (Phi) is 5.00. The summed E-state index contributed by atoms with van der Waals surface area (Å²) in [4.78, 5) is 24.6. The van der Waals surface area contributed by atoms with Crippen LogP contribution in [0.3, 0.4) is 0 Å². The smallest absolute Gasteiger partial charge is 0.255 e. The zero-order valence-corrected chi connectivity index (χ0v) is 16.9. The molecule has 1 aromatic carbocycles. The van der Waals surface area contributed by atoms with E-state index in [4.69, 9.17) is 9.47 Å². The van der Waals surface area contributed by atoms with Crippen LogP contribution < -0.4 is 15.4 Å². The van der Waals surface area contributed by atoms with Crippen molar-refractivity contribution in [1.29, 1.82) is 0 Å². The van der Waals surface area contributed by atoms with E-state index >= 15 is 0 Å². The van der Waals surface area contributed by atoms with Crippen LogP contribution in [0.1, 0.15) is 36.0 Å². The fourth-order valence-electron chi connectivity index (χ4n) is 4.26. The van der Waals surface area contributed by atoms with Gasteiger partial charge in [-0.1, -0.05) is 6.07 Å². The van der Waals surface area contributed by atoms with Gasteiger partial charge in [-0.2, -0.15) is 4.98 Å². The largest absolute Gasteiger partial charge is 0.491 e. The molecule has 3 heterocycles. The van der Waals surface area contributed by atoms with Crippen molar-refractivity contribution in [3.05, 3.63) is 36.2 Å². The molecule has 1 aliphatic carbocycles. The molecule has 2 aliphatic rings. The molecular formula is C22H25N5O3. The number of hydrogen-bond acceptors (Lipinski definition) is 6. The molecule has 3 N–H and O–H groups in total. The molecule has 8 heteroatoms. The monoisotopic (exact) mass is 407 g/mol. The van der Waals surface area contributed by atoms with Gasteiger partial charge in [-0.25, -0.2) is 4.98 Å². The molecule has 2 aromatic heterocycles. The second-order valence-electron chi connectivity index (χ2n) is 7.83. The number of carbonyl (C=O) groups is 1. The number of anilines is 1. The van der Waals surface area contributed by atoms with Gasteiger partial charge in [0.1, 0.15) is 18.0 Å². The number of methoxy groups -OCH3 is 1. The minimum atomic E-state index is -0.105. The molecule has 0 unspecified atom stereocenters. The summed E-state index contributed by atoms with van der Waals surface area (Å²) in [7, 11) is 1.78. The predicted molar refractivity (Wildman–Crippen MR) is 114 cm³/mol. The number of amides is 1. The highest BCUT2D eigenvalue weighted by Crippen LogP contribution is 2.33. The molecule has 1 aliphatic heterocycles. The van der Waals surface area contributed by atoms with Gasteiger partial charge in [0.25, 0.3) is 5.91 Å². The van der Waals surface area contributed by atoms with Gasteiger partial charge in [0.05, 0.1) is 18.2 Å². The third-order valence-electron chi connectivity index (χ3n) is 5.96. The summed E-state index contributed by atoms with van der Waals surface area (Å²) in [5, 5.41) is 7.22. The quantitative estimate of drug-likeness (QED) is 0.614. The third-order valence-corrected chi connectivity index (χ3v) is 5.96. The van der Waals surface area contributed by atoms with Crippen LogP contribution in [0.25, 0.3) is 22.2 Å². The number of aromatic nitrogens is 3. The Morgan fingerprint density at radius 2 is 2.07 bits per heavy atom. The molecule has 5 rings (SSSR count). The van der Waals surface area contributed by atoms with Crippen molar-refractivity contribution in [1.82, 2.24) is 20.3 Å². The fourth-order valence-corrected chi connectivity index (χ4v) is 4.26. The summed E-state index contributed by atoms with van der Waals surface area (Å²) in [5.74, 6) is 1.13. The molecule has 0 bridgehead atoms. The van der Waals surface area contributed by atoms with Gasteiger partial charge in [0.2, 0.25) is 5.95 Å². The second kappa shape index (κ2) is 7.95. The molecule has 156 valence electrons. The highest BCUT2D eigenvalue weighted by molar-refractivity contribution is 5.99. The van der Waals surface area contributed by atoms with Gasteiger partial charge in [0.15, 0.2) is 0 Å². The summed E-state index contributed by atoms with van der Waals surface area (Å²) < 4.78 is 11.2. The Hall–Kier alpha value is -3.13. The number of rotatable bonds is 4. The van der Waals surface area contributed by atoms with Crippen LogP contribution in [-0.4, -0.2) is 53.3 Å². The number of fused-ring (bicyclic) bond motifs is 2. The molecule has 30 heavy (non-hydrogen) atoms. The third kappa shape index (κ3) is 3.59. The zero-order chi connectivity index (χ0) is 20.5. The molecule has 0 radical (unpaired) electrons. The van der Waals surface area contributed by atoms with Crippen LogP contribution in [-0.2, 0) is 4.74 Å². The minimum absolute atomic E-state index is 0.105. The number of aromatic amines is 1. The van der Waals surface area contributed by atoms with E-state index in [1.54, 1.807) is 13.2 Å². The first-order chi connectivity index (χ1) is 14.7. The maximum absolute atomic E-state index is 12.1. The lowest BCUT2D eigenvalue weighted by Crippen LogP contribution is -2.29. The van der Waals surface area contributed by atoms with Crippen molar-refractivity contribution in [2.75, 3.05) is 25.6 Å². The van der Waals surface area contributed by atoms with E-state index in [9.17, 15) is 4.79 Å². The average molecular weight is 407 g/mol. The van der Waals surface area contributed by atoms with Gasteiger partial charge in [-0.05, 0) is 43.4 Å². The van der Waals surface area contributed by atoms with E-state index < -0.39 is 0 Å². The van der Waals surface area contributed by atoms with Gasteiger partial charge in [-0.3, -0.25) is 4.79 Å². The zero-order valence-electron chi connectivity index (χ0n) is 16.9. The highest BCUT2D eigenvalue weighted by atomic mass is 16.5. The molecule has 0 saturated heterocycles. The Morgan fingerprint density at radius 1 is 1.20 bits per heavy atom. The Bertz CT molecular complexity index is 1070. The number of carbonyl (C=O) groups excluding carboxylic acids is 1. The summed E-state index contributed by atoms with van der Waals surface area (Å²) in [5.41, 5.74) is 3.27. The Labute approximate surface area is 174 Å². The van der Waals surface area contributed by atoms with Crippen molar-refractivity contribution in [3.8, 4) is 16.9 Å². The van der Waals surface area contributed by atoms with Gasteiger partial charge in [0, 0.05) is 36.5 Å². The van der Waals surface area contributed by atoms with Crippen molar-refractivity contribution < 1.29 is 14.3 Å². The van der Waals surface area contributed by atoms with Crippen molar-refractivity contribution in [2.45, 2.75) is 37.8 Å². The van der Waals surface area contributed by atoms with E-state index in [1.165, 1.54) is 0 Å². The maximum atomic E-state index is 12.1. The van der Waals surface area contributed by atoms with E-state index in [2.05, 4.69) is 25.6 Å². The summed E-state index contributed by atoms with van der Waals surface area (Å²) in [6, 6.07) is 6.01. The summed E-state index contributed by atoms with van der Waals surface area (Å²) >= 11 is 0. The number of nitrogens with zero attached hydrogens (tertiary/aromatic N) is 2. The SMILES string of the molecule is CO[C@H]1CC[C@@H](Nc2ncc3c(-c4ccc5c(c4)OCCNC5=O)c[nH]c3n2)CC1. The number of benzene rings is 1. The second-order valence-corrected chi connectivity index (χ2v) is 7.83. The number of nitrogens with one attached hydrogen (secondary N) is 3. The van der Waals surface area contributed by atoms with Crippen LogP contribution in [0.2, 0.25) is 0 Å². The van der Waals surface area contributed by atoms with Crippen LogP contribution in [0.4, 0.5) is 5.95 Å². The molecule has 0 spiro atoms. The lowest BCUT2D eigenvalue weighted by Gasteiger charge is -2.28. The topological polar surface area (TPSA) is 101 Å². The number of ether oxygens (including phenoxy) is 2. The van der Waals surface area contributed by atoms with Gasteiger partial charge < -0.3 is 25.1 Å². The van der Waals surface area contributed by atoms with Crippen LogP contribution in [0.5, 0.6) is 5.75 Å². The van der Waals surface area contributed by atoms with Gasteiger partial charge in [-0.15, -0.1) is 0 Å². The molecule has 1 fully saturated rings. The predicted octanol–water partition coefficient (Wildman–Crippen LogP) is 3.12. The molecule has 0 atom stereocenters. The van der Waals surface area contributed by atoms with Gasteiger partial charge >= 0.3 is 0 Å². The van der Waals surface area contributed by atoms with E-state index in [-0.39, 0.29) is 5.91 Å². The van der Waals surface area contributed by atoms with Crippen LogP contribution >= 0.6 is 0 Å². The Balaban J connectivity index is 1.38. The molecule has 3 aromatic rings. The first kappa shape index (κ1) is 18.9. The molecule has 8 nitrogen and oxygen atoms in total. The van der Waals surface area contributed by atoms with Crippen LogP contribution in [0.15, 0.2) is 30.6 Å². The van der Waals surface area contributed by atoms with E-state index in [0.29, 0.717) is 42.6 Å². The van der Waals surface area contributed by atoms with E-state index in [0.717, 1.165) is 47.8 Å². The lowest BCUT2D eigenvalue weighted by molar-refractivity contribution is 0.0681. The maximum Gasteiger partial charge on any atom is 0.255 e. The van der Waals surface area contributed by atoms with Crippen molar-refractivity contribution in [3.63, 3.8) is 0 Å². The average Bonchev–Trinajstić information content (AvgIpc) is 3.11. The van der Waals surface area contributed by atoms with Crippen LogP contribution in [0, 0.1) is 0 Å². The van der Waals surface area contributed by atoms with Crippen molar-refractivity contribution >= 4 is 22.9 Å². The fraction of sp³-hybridized carbons (Fsp3) is 0.409. The lowest BCUT2D eigenvalue weighted by atomic mass is 9.93. The minimum Gasteiger partial charge on any atom is -0.491 e. The number of hydrogen-bond donors (Lipinski definition) is 3. The summed E-state index contributed by atoms with van der Waals surface area (Å²) in [6.07, 6.45) is 8.36. The van der Waals surface area contributed by atoms with Crippen molar-refractivity contribution in [2.24, 2.45) is 0 Å². The first-order valence-electron chi connectivity index (χ1n) is 10.4. The number of H-pyrrole nitrogens is 1. The molecule has 1 amide bonds. The Morgan fingerprint density at radius 3 is 2.90 bits per heavy atom. The molecule has 1 saturated carbocycles. The highest BCUT2D eigenvalue weighted by Gasteiger charge is 2.22. The molecular weight excluding hydrogens is 382 g/mol. The first-order valence-corrected chi connectivity index (χ1v) is 10.4. The van der Waals surface area contributed by atoms with E-state index in [1.807, 2.05) is 24.5 Å². The summed E-state index contributed by atoms with van der Waals surface area (Å²) in [6.45, 7) is 0.965. The standard InChI is InChI=1S/C22H25N5O3/c1-29-15-5-3-14(4-6-15)26-22-25-12-18-17(11-24-20(18)27-22)13-2-7-16-19(10-13)30-9-8-23-21(16)28/h2,7,10-12,14-15H,3-6,8-9H2,1H3,(H,23,28)(H2,24,25,26,27)/t14-,15+. The normalized spacial score (nSPS) is 21.4.